The number of nitrogens with zero attached hydrogens (tertiary/aromatic N) is 3. The average Bonchev–Trinajstić information content (AvgIpc) is 3.02. The lowest BCUT2D eigenvalue weighted by molar-refractivity contribution is 0.406. The lowest BCUT2D eigenvalue weighted by Crippen LogP contribution is -2.34. The van der Waals surface area contributed by atoms with Crippen LogP contribution < -0.4 is 5.32 Å². The van der Waals surface area contributed by atoms with E-state index in [1.807, 2.05) is 32.0 Å². The summed E-state index contributed by atoms with van der Waals surface area (Å²) in [5.41, 5.74) is 0.638. The zero-order valence-electron chi connectivity index (χ0n) is 12.3. The Bertz CT molecular complexity index is 753. The summed E-state index contributed by atoms with van der Waals surface area (Å²) in [5.74, 6) is 0.433. The normalized spacial score (nSPS) is 20.2. The van der Waals surface area contributed by atoms with Crippen molar-refractivity contribution in [3.05, 3.63) is 24.4 Å². The van der Waals surface area contributed by atoms with Crippen molar-refractivity contribution in [1.29, 1.82) is 0 Å². The highest BCUT2D eigenvalue weighted by Gasteiger charge is 2.36. The molecule has 0 aliphatic carbocycles. The van der Waals surface area contributed by atoms with Gasteiger partial charge in [-0.2, -0.15) is 4.31 Å². The predicted octanol–water partition coefficient (Wildman–Crippen LogP) is 1.94. The van der Waals surface area contributed by atoms with E-state index in [1.165, 1.54) is 0 Å². The van der Waals surface area contributed by atoms with E-state index in [0.29, 0.717) is 24.6 Å². The smallest absolute Gasteiger partial charge is 0.263 e. The van der Waals surface area contributed by atoms with Gasteiger partial charge in [0.05, 0.1) is 0 Å². The molecule has 0 amide bonds. The van der Waals surface area contributed by atoms with Crippen LogP contribution in [0.15, 0.2) is 29.4 Å². The largest absolute Gasteiger partial charge is 0.368 e. The van der Waals surface area contributed by atoms with Crippen LogP contribution >= 0.6 is 0 Å². The Hall–Kier alpha value is -1.60. The average molecular weight is 308 g/mol. The van der Waals surface area contributed by atoms with Crippen molar-refractivity contribution in [1.82, 2.24) is 13.7 Å². The fraction of sp³-hybridized carbons (Fsp3) is 0.500. The van der Waals surface area contributed by atoms with Crippen molar-refractivity contribution in [3.8, 4) is 0 Å². The van der Waals surface area contributed by atoms with Crippen LogP contribution in [-0.4, -0.2) is 41.2 Å². The number of sulfonamides is 1. The van der Waals surface area contributed by atoms with Gasteiger partial charge in [0, 0.05) is 25.3 Å². The van der Waals surface area contributed by atoms with Gasteiger partial charge in [-0.25, -0.2) is 13.4 Å². The first-order valence-corrected chi connectivity index (χ1v) is 8.72. The summed E-state index contributed by atoms with van der Waals surface area (Å²) in [4.78, 5) is 4.41. The molecule has 1 atom stereocenters. The topological polar surface area (TPSA) is 66.7 Å². The van der Waals surface area contributed by atoms with Crippen LogP contribution in [0.5, 0.6) is 0 Å². The lowest BCUT2D eigenvalue weighted by atomic mass is 10.3. The molecule has 1 unspecified atom stereocenters. The molecule has 1 N–H and O–H groups in total. The first-order chi connectivity index (χ1) is 10.1. The number of nitrogens with one attached hydrogen (secondary N) is 1. The Kier molecular flexibility index (Phi) is 3.62. The molecule has 0 aromatic carbocycles. The van der Waals surface area contributed by atoms with E-state index >= 15 is 0 Å². The fourth-order valence-corrected chi connectivity index (χ4v) is 4.81. The van der Waals surface area contributed by atoms with Gasteiger partial charge in [-0.1, -0.05) is 6.07 Å². The van der Waals surface area contributed by atoms with Crippen LogP contribution in [0.2, 0.25) is 0 Å². The Labute approximate surface area is 124 Å². The molecule has 0 saturated carbocycles. The maximum absolute atomic E-state index is 13.0. The highest BCUT2D eigenvalue weighted by Crippen LogP contribution is 2.30. The molecule has 0 spiro atoms. The van der Waals surface area contributed by atoms with E-state index in [9.17, 15) is 8.42 Å². The van der Waals surface area contributed by atoms with Gasteiger partial charge in [-0.15, -0.1) is 0 Å². The summed E-state index contributed by atoms with van der Waals surface area (Å²) >= 11 is 0. The van der Waals surface area contributed by atoms with Crippen molar-refractivity contribution < 1.29 is 8.42 Å². The summed E-state index contributed by atoms with van der Waals surface area (Å²) in [6.07, 6.45) is 3.57. The lowest BCUT2D eigenvalue weighted by Gasteiger charge is -2.21. The summed E-state index contributed by atoms with van der Waals surface area (Å²) in [7, 11) is -3.55. The predicted molar refractivity (Wildman–Crippen MR) is 81.9 cm³/mol. The van der Waals surface area contributed by atoms with Gasteiger partial charge in [0.25, 0.3) is 10.0 Å². The number of hydrogen-bond acceptors (Lipinski definition) is 4. The van der Waals surface area contributed by atoms with Crippen LogP contribution in [0, 0.1) is 0 Å². The minimum atomic E-state index is -3.55. The summed E-state index contributed by atoms with van der Waals surface area (Å²) in [6.45, 7) is 5.09. The molecule has 3 heterocycles. The second-order valence-corrected chi connectivity index (χ2v) is 7.14. The Morgan fingerprint density at radius 2 is 2.24 bits per heavy atom. The number of hydrogen-bond donors (Lipinski definition) is 1. The summed E-state index contributed by atoms with van der Waals surface area (Å²) in [5, 5.41) is 3.32. The maximum Gasteiger partial charge on any atom is 0.263 e. The van der Waals surface area contributed by atoms with E-state index in [1.54, 1.807) is 14.9 Å². The van der Waals surface area contributed by atoms with E-state index in [4.69, 9.17) is 0 Å². The molecule has 3 rings (SSSR count). The van der Waals surface area contributed by atoms with Crippen LogP contribution in [0.1, 0.15) is 26.7 Å². The minimum Gasteiger partial charge on any atom is -0.368 e. The van der Waals surface area contributed by atoms with Gasteiger partial charge < -0.3 is 5.32 Å². The van der Waals surface area contributed by atoms with Crippen LogP contribution in [0.4, 0.5) is 5.82 Å². The molecule has 2 aromatic heterocycles. The van der Waals surface area contributed by atoms with Crippen LogP contribution in [0.25, 0.3) is 5.65 Å². The number of anilines is 1. The van der Waals surface area contributed by atoms with Gasteiger partial charge in [0.2, 0.25) is 0 Å². The quantitative estimate of drug-likeness (QED) is 0.937. The third-order valence-electron chi connectivity index (χ3n) is 3.88. The van der Waals surface area contributed by atoms with E-state index in [-0.39, 0.29) is 11.1 Å². The number of aromatic nitrogens is 2. The summed E-state index contributed by atoms with van der Waals surface area (Å²) in [6, 6.07) is 5.52. The molecule has 0 bridgehead atoms. The van der Waals surface area contributed by atoms with Gasteiger partial charge in [-0.05, 0) is 38.8 Å². The molecule has 1 aliphatic heterocycles. The second-order valence-electron chi connectivity index (χ2n) is 5.33. The maximum atomic E-state index is 13.0. The van der Waals surface area contributed by atoms with E-state index < -0.39 is 10.0 Å². The molecule has 2 aromatic rings. The van der Waals surface area contributed by atoms with Crippen molar-refractivity contribution >= 4 is 21.5 Å². The van der Waals surface area contributed by atoms with Crippen LogP contribution in [0.3, 0.4) is 0 Å². The van der Waals surface area contributed by atoms with Crippen LogP contribution in [-0.2, 0) is 10.0 Å². The molecule has 1 saturated heterocycles. The van der Waals surface area contributed by atoms with E-state index in [0.717, 1.165) is 12.8 Å². The zero-order chi connectivity index (χ0) is 15.0. The molecule has 7 heteroatoms. The molecule has 21 heavy (non-hydrogen) atoms. The monoisotopic (exact) mass is 308 g/mol. The fourth-order valence-electron chi connectivity index (χ4n) is 2.88. The minimum absolute atomic E-state index is 0.0405. The Balaban J connectivity index is 2.20. The van der Waals surface area contributed by atoms with E-state index in [2.05, 4.69) is 10.3 Å². The molecule has 6 nitrogen and oxygen atoms in total. The molecule has 114 valence electrons. The van der Waals surface area contributed by atoms with Gasteiger partial charge >= 0.3 is 0 Å². The van der Waals surface area contributed by atoms with Crippen molar-refractivity contribution in [2.75, 3.05) is 18.4 Å². The molecule has 0 radical (unpaired) electrons. The Morgan fingerprint density at radius 1 is 1.43 bits per heavy atom. The number of pyridine rings is 1. The highest BCUT2D eigenvalue weighted by molar-refractivity contribution is 7.89. The number of fused-ring (bicyclic) bond motifs is 1. The highest BCUT2D eigenvalue weighted by atomic mass is 32.2. The molecule has 1 aliphatic rings. The first-order valence-electron chi connectivity index (χ1n) is 7.28. The Morgan fingerprint density at radius 3 is 2.90 bits per heavy atom. The van der Waals surface area contributed by atoms with Crippen molar-refractivity contribution in [2.45, 2.75) is 37.8 Å². The standard InChI is InChI=1S/C14H20N4O2S/c1-3-15-13-14(17-9-5-4-8-12(17)16-13)21(19,20)18-10-6-7-11(18)2/h4-5,8-9,11,15H,3,6-7,10H2,1-2H3. The second kappa shape index (κ2) is 5.31. The first kappa shape index (κ1) is 14.3. The van der Waals surface area contributed by atoms with Gasteiger partial charge in [0.15, 0.2) is 10.8 Å². The van der Waals surface area contributed by atoms with Gasteiger partial charge in [-0.3, -0.25) is 4.40 Å². The third-order valence-corrected chi connectivity index (χ3v) is 5.91. The SMILES string of the molecule is CCNc1nc2ccccn2c1S(=O)(=O)N1CCCC1C. The van der Waals surface area contributed by atoms with Gasteiger partial charge in [0.1, 0.15) is 5.65 Å². The molecular weight excluding hydrogens is 288 g/mol. The molecule has 1 fully saturated rings. The number of rotatable bonds is 4. The summed E-state index contributed by atoms with van der Waals surface area (Å²) < 4.78 is 29.3. The van der Waals surface area contributed by atoms with Crippen molar-refractivity contribution in [2.24, 2.45) is 0 Å². The van der Waals surface area contributed by atoms with Crippen molar-refractivity contribution in [3.63, 3.8) is 0 Å². The third kappa shape index (κ3) is 2.30. The zero-order valence-corrected chi connectivity index (χ0v) is 13.1. The molecular formula is C14H20N4O2S. The number of imidazole rings is 1.